The van der Waals surface area contributed by atoms with E-state index in [1.54, 1.807) is 0 Å². The van der Waals surface area contributed by atoms with E-state index in [0.29, 0.717) is 29.0 Å². The average Bonchev–Trinajstić information content (AvgIpc) is 2.71. The lowest BCUT2D eigenvalue weighted by atomic mass is 10.1. The Hall–Kier alpha value is -1.62. The molecule has 2 aromatic rings. The number of rotatable bonds is 4. The summed E-state index contributed by atoms with van der Waals surface area (Å²) >= 11 is 3.34. The molecule has 0 amide bonds. The second kappa shape index (κ2) is 5.14. The van der Waals surface area contributed by atoms with Gasteiger partial charge in [0.25, 0.3) is 0 Å². The van der Waals surface area contributed by atoms with Crippen molar-refractivity contribution in [2.24, 2.45) is 0 Å². The summed E-state index contributed by atoms with van der Waals surface area (Å²) in [6, 6.07) is 7.58. The Morgan fingerprint density at radius 2 is 2.35 bits per heavy atom. The van der Waals surface area contributed by atoms with Gasteiger partial charge >= 0.3 is 0 Å². The van der Waals surface area contributed by atoms with Crippen molar-refractivity contribution in [2.75, 3.05) is 6.61 Å². The Balaban J connectivity index is 2.41. The molecule has 0 spiro atoms. The molecule has 1 aromatic carbocycles. The van der Waals surface area contributed by atoms with Gasteiger partial charge in [0.2, 0.25) is 0 Å². The number of hydrogen-bond donors (Lipinski definition) is 1. The van der Waals surface area contributed by atoms with Crippen LogP contribution in [0.3, 0.4) is 0 Å². The number of halogens is 1. The van der Waals surface area contributed by atoms with Crippen LogP contribution in [0.25, 0.3) is 11.3 Å². The number of nitrogens with one attached hydrogen (secondary N) is 1. The zero-order valence-corrected chi connectivity index (χ0v) is 10.8. The summed E-state index contributed by atoms with van der Waals surface area (Å²) in [7, 11) is 0. The summed E-state index contributed by atoms with van der Waals surface area (Å²) in [4.78, 5) is 17.6. The molecule has 4 nitrogen and oxygen atoms in total. The smallest absolute Gasteiger partial charge is 0.185 e. The Bertz CT molecular complexity index is 537. The number of H-pyrrole nitrogens is 1. The van der Waals surface area contributed by atoms with Crippen LogP contribution in [0.2, 0.25) is 0 Å². The van der Waals surface area contributed by atoms with Crippen molar-refractivity contribution in [1.82, 2.24) is 9.97 Å². The molecule has 1 N–H and O–H groups in total. The maximum absolute atomic E-state index is 10.6. The number of ether oxygens (including phenoxy) is 1. The summed E-state index contributed by atoms with van der Waals surface area (Å²) < 4.78 is 6.11. The van der Waals surface area contributed by atoms with E-state index in [1.807, 2.05) is 31.2 Å². The first kappa shape index (κ1) is 11.9. The number of hydrogen-bond acceptors (Lipinski definition) is 3. The highest BCUT2D eigenvalue weighted by atomic mass is 79.9. The van der Waals surface area contributed by atoms with Crippen molar-refractivity contribution in [1.29, 1.82) is 0 Å². The number of aldehydes is 1. The first-order valence-electron chi connectivity index (χ1n) is 5.18. The van der Waals surface area contributed by atoms with Gasteiger partial charge in [-0.3, -0.25) is 4.79 Å². The number of benzene rings is 1. The van der Waals surface area contributed by atoms with Crippen molar-refractivity contribution in [3.8, 4) is 17.0 Å². The predicted molar refractivity (Wildman–Crippen MR) is 68.3 cm³/mol. The molecule has 0 unspecified atom stereocenters. The molecule has 0 bridgehead atoms. The van der Waals surface area contributed by atoms with Crippen LogP contribution < -0.4 is 4.74 Å². The van der Waals surface area contributed by atoms with Crippen LogP contribution in [-0.2, 0) is 0 Å². The average molecular weight is 295 g/mol. The van der Waals surface area contributed by atoms with Gasteiger partial charge in [0.05, 0.1) is 6.61 Å². The summed E-state index contributed by atoms with van der Waals surface area (Å²) in [5, 5.41) is 0. The number of carbonyl (C=O) groups excluding carboxylic acids is 1. The fourth-order valence-electron chi connectivity index (χ4n) is 1.52. The fourth-order valence-corrected chi connectivity index (χ4v) is 2.04. The highest BCUT2D eigenvalue weighted by molar-refractivity contribution is 9.10. The molecule has 1 heterocycles. The van der Waals surface area contributed by atoms with Gasteiger partial charge in [0.15, 0.2) is 12.1 Å². The first-order valence-corrected chi connectivity index (χ1v) is 5.97. The number of imidazole rings is 1. The van der Waals surface area contributed by atoms with Crippen LogP contribution >= 0.6 is 15.9 Å². The highest BCUT2D eigenvalue weighted by Crippen LogP contribution is 2.28. The first-order chi connectivity index (χ1) is 8.24. The normalized spacial score (nSPS) is 10.2. The number of aromatic amines is 1. The van der Waals surface area contributed by atoms with Crippen molar-refractivity contribution in [2.45, 2.75) is 6.92 Å². The molecule has 17 heavy (non-hydrogen) atoms. The number of aromatic nitrogens is 2. The van der Waals surface area contributed by atoms with Gasteiger partial charge in [0, 0.05) is 5.56 Å². The van der Waals surface area contributed by atoms with Crippen molar-refractivity contribution >= 4 is 22.2 Å². The van der Waals surface area contributed by atoms with E-state index in [9.17, 15) is 4.79 Å². The minimum Gasteiger partial charge on any atom is -0.494 e. The molecule has 0 aliphatic carbocycles. The highest BCUT2D eigenvalue weighted by Gasteiger charge is 2.10. The second-order valence-corrected chi connectivity index (χ2v) is 4.16. The molecule has 0 fully saturated rings. The van der Waals surface area contributed by atoms with E-state index in [1.165, 1.54) is 0 Å². The molecule has 5 heteroatoms. The van der Waals surface area contributed by atoms with Crippen LogP contribution in [0, 0.1) is 0 Å². The van der Waals surface area contributed by atoms with Gasteiger partial charge in [-0.15, -0.1) is 0 Å². The SMILES string of the molecule is CCOc1cccc(-c2nc(C=O)[nH]c2Br)c1. The van der Waals surface area contributed by atoms with Crippen LogP contribution in [0.15, 0.2) is 28.9 Å². The summed E-state index contributed by atoms with van der Waals surface area (Å²) in [5.41, 5.74) is 1.60. The maximum Gasteiger partial charge on any atom is 0.185 e. The third-order valence-electron chi connectivity index (χ3n) is 2.21. The Morgan fingerprint density at radius 3 is 3.00 bits per heavy atom. The van der Waals surface area contributed by atoms with Gasteiger partial charge in [0.1, 0.15) is 16.0 Å². The van der Waals surface area contributed by atoms with E-state index in [4.69, 9.17) is 4.74 Å². The summed E-state index contributed by atoms with van der Waals surface area (Å²) in [6.07, 6.45) is 0.681. The molecule has 0 saturated heterocycles. The van der Waals surface area contributed by atoms with E-state index >= 15 is 0 Å². The molecule has 2 rings (SSSR count). The van der Waals surface area contributed by atoms with E-state index < -0.39 is 0 Å². The quantitative estimate of drug-likeness (QED) is 0.882. The summed E-state index contributed by atoms with van der Waals surface area (Å²) in [6.45, 7) is 2.55. The Morgan fingerprint density at radius 1 is 1.53 bits per heavy atom. The molecular weight excluding hydrogens is 284 g/mol. The maximum atomic E-state index is 10.6. The molecular formula is C12H11BrN2O2. The number of carbonyl (C=O) groups is 1. The molecule has 0 aliphatic heterocycles. The minimum absolute atomic E-state index is 0.300. The minimum atomic E-state index is 0.300. The van der Waals surface area contributed by atoms with Gasteiger partial charge in [-0.1, -0.05) is 12.1 Å². The van der Waals surface area contributed by atoms with E-state index in [-0.39, 0.29) is 0 Å². The largest absolute Gasteiger partial charge is 0.494 e. The topological polar surface area (TPSA) is 55.0 Å². The lowest BCUT2D eigenvalue weighted by molar-refractivity contribution is 0.111. The Kier molecular flexibility index (Phi) is 3.58. The molecule has 88 valence electrons. The number of nitrogens with zero attached hydrogens (tertiary/aromatic N) is 1. The van der Waals surface area contributed by atoms with E-state index in [2.05, 4.69) is 25.9 Å². The molecule has 0 atom stereocenters. The monoisotopic (exact) mass is 294 g/mol. The zero-order chi connectivity index (χ0) is 12.3. The zero-order valence-electron chi connectivity index (χ0n) is 9.24. The lowest BCUT2D eigenvalue weighted by Gasteiger charge is -2.04. The predicted octanol–water partition coefficient (Wildman–Crippen LogP) is 3.05. The van der Waals surface area contributed by atoms with Crippen molar-refractivity contribution < 1.29 is 9.53 Å². The Labute approximate surface area is 107 Å². The van der Waals surface area contributed by atoms with E-state index in [0.717, 1.165) is 11.3 Å². The fraction of sp³-hybridized carbons (Fsp3) is 0.167. The molecule has 0 aliphatic rings. The van der Waals surface area contributed by atoms with Crippen LogP contribution in [0.1, 0.15) is 17.5 Å². The van der Waals surface area contributed by atoms with Crippen LogP contribution in [-0.4, -0.2) is 22.9 Å². The van der Waals surface area contributed by atoms with Gasteiger partial charge in [-0.25, -0.2) is 4.98 Å². The standard InChI is InChI=1S/C12H11BrN2O2/c1-2-17-9-5-3-4-8(6-9)11-12(13)15-10(7-16)14-11/h3-7H,2H2,1H3,(H,14,15). The van der Waals surface area contributed by atoms with Crippen molar-refractivity contribution in [3.05, 3.63) is 34.7 Å². The van der Waals surface area contributed by atoms with Gasteiger partial charge in [-0.2, -0.15) is 0 Å². The molecule has 0 saturated carbocycles. The van der Waals surface area contributed by atoms with Gasteiger partial charge < -0.3 is 9.72 Å². The molecule has 0 radical (unpaired) electrons. The summed E-state index contributed by atoms with van der Waals surface area (Å²) in [5.74, 6) is 1.08. The van der Waals surface area contributed by atoms with Crippen molar-refractivity contribution in [3.63, 3.8) is 0 Å². The lowest BCUT2D eigenvalue weighted by Crippen LogP contribution is -1.91. The van der Waals surface area contributed by atoms with Crippen LogP contribution in [0.4, 0.5) is 0 Å². The third kappa shape index (κ3) is 2.55. The molecule has 1 aromatic heterocycles. The third-order valence-corrected chi connectivity index (χ3v) is 2.78. The second-order valence-electron chi connectivity index (χ2n) is 3.36. The van der Waals surface area contributed by atoms with Crippen LogP contribution in [0.5, 0.6) is 5.75 Å². The van der Waals surface area contributed by atoms with Gasteiger partial charge in [-0.05, 0) is 35.0 Å².